The summed E-state index contributed by atoms with van der Waals surface area (Å²) >= 11 is 0. The smallest absolute Gasteiger partial charge is 0.101 e. The minimum absolute atomic E-state index is 0.481. The van der Waals surface area contributed by atoms with Crippen molar-refractivity contribution in [1.82, 2.24) is 0 Å². The van der Waals surface area contributed by atoms with Gasteiger partial charge in [-0.2, -0.15) is 5.26 Å². The molecule has 0 amide bonds. The van der Waals surface area contributed by atoms with Gasteiger partial charge in [-0.15, -0.1) is 0 Å². The average Bonchev–Trinajstić information content (AvgIpc) is 2.58. The lowest BCUT2D eigenvalue weighted by Gasteiger charge is -2.25. The van der Waals surface area contributed by atoms with Crippen LogP contribution in [-0.2, 0) is 0 Å². The molecule has 0 radical (unpaired) electrons. The number of hydrogen-bond donors (Lipinski definition) is 1. The molecule has 106 valence electrons. The number of nitrogens with two attached hydrogens (primary N) is 1. The van der Waals surface area contributed by atoms with Gasteiger partial charge in [0.25, 0.3) is 0 Å². The Kier molecular flexibility index (Phi) is 3.76. The normalized spacial score (nSPS) is 9.95. The van der Waals surface area contributed by atoms with Crippen molar-refractivity contribution in [3.05, 3.63) is 84.4 Å². The van der Waals surface area contributed by atoms with Crippen LogP contribution in [0.2, 0.25) is 0 Å². The molecule has 0 atom stereocenters. The molecule has 0 fully saturated rings. The second-order valence-corrected chi connectivity index (χ2v) is 4.89. The molecule has 0 saturated carbocycles. The summed E-state index contributed by atoms with van der Waals surface area (Å²) in [6, 6.07) is 27.7. The number of para-hydroxylation sites is 2. The first kappa shape index (κ1) is 13.7. The van der Waals surface area contributed by atoms with Crippen molar-refractivity contribution in [3.8, 4) is 6.07 Å². The number of nitriles is 1. The topological polar surface area (TPSA) is 53.0 Å². The van der Waals surface area contributed by atoms with Gasteiger partial charge >= 0.3 is 0 Å². The Balaban J connectivity index is 2.17. The molecule has 3 aromatic carbocycles. The van der Waals surface area contributed by atoms with Crippen molar-refractivity contribution in [1.29, 1.82) is 5.26 Å². The van der Waals surface area contributed by atoms with Crippen LogP contribution in [0.3, 0.4) is 0 Å². The minimum Gasteiger partial charge on any atom is -0.398 e. The Labute approximate surface area is 129 Å². The summed E-state index contributed by atoms with van der Waals surface area (Å²) < 4.78 is 0. The molecule has 0 aromatic heterocycles. The molecular weight excluding hydrogens is 270 g/mol. The SMILES string of the molecule is N#Cc1cc(N(c2ccccc2)c2ccccc2)ccc1N. The number of anilines is 4. The van der Waals surface area contributed by atoms with Crippen molar-refractivity contribution >= 4 is 22.7 Å². The second kappa shape index (κ2) is 6.02. The molecule has 22 heavy (non-hydrogen) atoms. The van der Waals surface area contributed by atoms with Crippen molar-refractivity contribution in [2.45, 2.75) is 0 Å². The molecule has 3 rings (SSSR count). The summed E-state index contributed by atoms with van der Waals surface area (Å²) in [5, 5.41) is 9.22. The van der Waals surface area contributed by atoms with E-state index in [4.69, 9.17) is 5.73 Å². The molecule has 2 N–H and O–H groups in total. The lowest BCUT2D eigenvalue weighted by Crippen LogP contribution is -2.10. The van der Waals surface area contributed by atoms with E-state index in [0.717, 1.165) is 17.1 Å². The van der Waals surface area contributed by atoms with Gasteiger partial charge < -0.3 is 10.6 Å². The number of nitrogen functional groups attached to an aromatic ring is 1. The van der Waals surface area contributed by atoms with Crippen LogP contribution in [0.4, 0.5) is 22.7 Å². The second-order valence-electron chi connectivity index (χ2n) is 4.89. The largest absolute Gasteiger partial charge is 0.398 e. The van der Waals surface area contributed by atoms with Crippen LogP contribution >= 0.6 is 0 Å². The maximum Gasteiger partial charge on any atom is 0.101 e. The van der Waals surface area contributed by atoms with Gasteiger partial charge in [-0.1, -0.05) is 36.4 Å². The van der Waals surface area contributed by atoms with Crippen LogP contribution in [0.5, 0.6) is 0 Å². The number of benzene rings is 3. The highest BCUT2D eigenvalue weighted by atomic mass is 15.1. The average molecular weight is 285 g/mol. The van der Waals surface area contributed by atoms with E-state index in [2.05, 4.69) is 11.0 Å². The summed E-state index contributed by atoms with van der Waals surface area (Å²) in [6.45, 7) is 0. The van der Waals surface area contributed by atoms with Gasteiger partial charge in [0.1, 0.15) is 6.07 Å². The molecule has 3 nitrogen and oxygen atoms in total. The molecule has 0 saturated heterocycles. The Morgan fingerprint density at radius 2 is 1.27 bits per heavy atom. The van der Waals surface area contributed by atoms with Gasteiger partial charge in [-0.05, 0) is 42.5 Å². The van der Waals surface area contributed by atoms with Crippen LogP contribution < -0.4 is 10.6 Å². The number of hydrogen-bond acceptors (Lipinski definition) is 3. The quantitative estimate of drug-likeness (QED) is 0.715. The van der Waals surface area contributed by atoms with Gasteiger partial charge in [0.15, 0.2) is 0 Å². The molecule has 0 aliphatic heterocycles. The molecule has 0 spiro atoms. The number of rotatable bonds is 3. The van der Waals surface area contributed by atoms with E-state index in [1.54, 1.807) is 6.07 Å². The summed E-state index contributed by atoms with van der Waals surface area (Å²) in [5.41, 5.74) is 9.78. The third kappa shape index (κ3) is 2.63. The number of nitrogens with zero attached hydrogens (tertiary/aromatic N) is 2. The summed E-state index contributed by atoms with van der Waals surface area (Å²) in [5.74, 6) is 0. The van der Waals surface area contributed by atoms with Crippen molar-refractivity contribution in [2.75, 3.05) is 10.6 Å². The van der Waals surface area contributed by atoms with E-state index in [9.17, 15) is 5.26 Å². The van der Waals surface area contributed by atoms with Crippen LogP contribution in [0.1, 0.15) is 5.56 Å². The van der Waals surface area contributed by atoms with Gasteiger partial charge in [-0.25, -0.2) is 0 Å². The fourth-order valence-corrected chi connectivity index (χ4v) is 2.38. The molecule has 0 heterocycles. The zero-order valence-corrected chi connectivity index (χ0v) is 12.0. The highest BCUT2D eigenvalue weighted by Gasteiger charge is 2.13. The first-order valence-electron chi connectivity index (χ1n) is 6.99. The summed E-state index contributed by atoms with van der Waals surface area (Å²) in [7, 11) is 0. The first-order chi connectivity index (χ1) is 10.8. The monoisotopic (exact) mass is 285 g/mol. The molecule has 0 unspecified atom stereocenters. The lowest BCUT2D eigenvalue weighted by atomic mass is 10.1. The fraction of sp³-hybridized carbons (Fsp3) is 0. The van der Waals surface area contributed by atoms with E-state index >= 15 is 0 Å². The fourth-order valence-electron chi connectivity index (χ4n) is 2.38. The van der Waals surface area contributed by atoms with Gasteiger partial charge in [0.2, 0.25) is 0 Å². The molecule has 3 heteroatoms. The maximum absolute atomic E-state index is 9.22. The van der Waals surface area contributed by atoms with Crippen molar-refractivity contribution in [3.63, 3.8) is 0 Å². The van der Waals surface area contributed by atoms with Gasteiger partial charge in [-0.3, -0.25) is 0 Å². The van der Waals surface area contributed by atoms with Crippen molar-refractivity contribution in [2.24, 2.45) is 0 Å². The third-order valence-corrected chi connectivity index (χ3v) is 3.44. The first-order valence-corrected chi connectivity index (χ1v) is 6.99. The Hall–Kier alpha value is -3.25. The van der Waals surface area contributed by atoms with Gasteiger partial charge in [0, 0.05) is 22.7 Å². The minimum atomic E-state index is 0.481. The molecule has 0 aliphatic carbocycles. The van der Waals surface area contributed by atoms with Crippen LogP contribution in [-0.4, -0.2) is 0 Å². The summed E-state index contributed by atoms with van der Waals surface area (Å²) in [6.07, 6.45) is 0. The van der Waals surface area contributed by atoms with Gasteiger partial charge in [0.05, 0.1) is 5.56 Å². The molecule has 3 aromatic rings. The lowest BCUT2D eigenvalue weighted by molar-refractivity contribution is 1.28. The van der Waals surface area contributed by atoms with Crippen LogP contribution in [0, 0.1) is 11.3 Å². The molecular formula is C19H15N3. The van der Waals surface area contributed by atoms with Crippen LogP contribution in [0.15, 0.2) is 78.9 Å². The predicted octanol–water partition coefficient (Wildman–Crippen LogP) is 4.61. The zero-order chi connectivity index (χ0) is 15.4. The highest BCUT2D eigenvalue weighted by Crippen LogP contribution is 2.35. The maximum atomic E-state index is 9.22. The Morgan fingerprint density at radius 1 is 0.727 bits per heavy atom. The van der Waals surface area contributed by atoms with E-state index in [1.165, 1.54) is 0 Å². The summed E-state index contributed by atoms with van der Waals surface area (Å²) in [4.78, 5) is 2.10. The van der Waals surface area contributed by atoms with Crippen LogP contribution in [0.25, 0.3) is 0 Å². The van der Waals surface area contributed by atoms with E-state index in [1.807, 2.05) is 72.8 Å². The standard InChI is InChI=1S/C19H15N3/c20-14-15-13-18(11-12-19(15)21)22(16-7-3-1-4-8-16)17-9-5-2-6-10-17/h1-13H,21H2. The van der Waals surface area contributed by atoms with E-state index in [-0.39, 0.29) is 0 Å². The molecule has 0 bridgehead atoms. The third-order valence-electron chi connectivity index (χ3n) is 3.44. The van der Waals surface area contributed by atoms with E-state index in [0.29, 0.717) is 11.3 Å². The van der Waals surface area contributed by atoms with Crippen molar-refractivity contribution < 1.29 is 0 Å². The zero-order valence-electron chi connectivity index (χ0n) is 12.0. The van der Waals surface area contributed by atoms with E-state index < -0.39 is 0 Å². The predicted molar refractivity (Wildman–Crippen MR) is 90.3 cm³/mol. The Bertz CT molecular complexity index is 766. The molecule has 0 aliphatic rings. The highest BCUT2D eigenvalue weighted by molar-refractivity contribution is 5.78. The Morgan fingerprint density at radius 3 is 1.77 bits per heavy atom.